The summed E-state index contributed by atoms with van der Waals surface area (Å²) in [5.74, 6) is 0.116. The average Bonchev–Trinajstić information content (AvgIpc) is 2.06. The number of nitriles is 1. The number of benzene rings is 1. The van der Waals surface area contributed by atoms with Crippen LogP contribution >= 0.6 is 0 Å². The van der Waals surface area contributed by atoms with Gasteiger partial charge in [-0.15, -0.1) is 0 Å². The van der Waals surface area contributed by atoms with Crippen LogP contribution in [0.15, 0.2) is 12.1 Å². The summed E-state index contributed by atoms with van der Waals surface area (Å²) in [7, 11) is 0. The van der Waals surface area contributed by atoms with Crippen molar-refractivity contribution in [3.8, 4) is 11.8 Å². The number of hydrogen-bond acceptors (Lipinski definition) is 2. The largest absolute Gasteiger partial charge is 0.506 e. The molecule has 14 heavy (non-hydrogen) atoms. The molecule has 0 saturated carbocycles. The third-order valence-electron chi connectivity index (χ3n) is 2.18. The maximum Gasteiger partial charge on any atom is 0.137 e. The van der Waals surface area contributed by atoms with Crippen molar-refractivity contribution in [2.45, 2.75) is 33.1 Å². The quantitative estimate of drug-likeness (QED) is 0.682. The lowest BCUT2D eigenvalue weighted by Crippen LogP contribution is -2.12. The Morgan fingerprint density at radius 1 is 1.29 bits per heavy atom. The molecule has 1 rings (SSSR count). The van der Waals surface area contributed by atoms with Crippen LogP contribution in [0.2, 0.25) is 0 Å². The highest BCUT2D eigenvalue weighted by Crippen LogP contribution is 2.33. The van der Waals surface area contributed by atoms with Crippen molar-refractivity contribution in [1.82, 2.24) is 0 Å². The lowest BCUT2D eigenvalue weighted by Gasteiger charge is -2.21. The minimum atomic E-state index is -0.137. The monoisotopic (exact) mass is 189 g/mol. The Hall–Kier alpha value is -1.49. The van der Waals surface area contributed by atoms with Crippen molar-refractivity contribution in [2.24, 2.45) is 0 Å². The first-order chi connectivity index (χ1) is 6.36. The predicted octanol–water partition coefficient (Wildman–Crippen LogP) is 2.87. The lowest BCUT2D eigenvalue weighted by molar-refractivity contribution is 0.445. The standard InChI is InChI=1S/C12H15NO/c1-8-5-9(7-13)11(14)10(6-8)12(2,3)4/h5-6,14H,1-4H3. The highest BCUT2D eigenvalue weighted by Gasteiger charge is 2.20. The van der Waals surface area contributed by atoms with Gasteiger partial charge in [-0.3, -0.25) is 0 Å². The van der Waals surface area contributed by atoms with Crippen LogP contribution in [-0.2, 0) is 5.41 Å². The zero-order chi connectivity index (χ0) is 10.9. The van der Waals surface area contributed by atoms with E-state index in [4.69, 9.17) is 5.26 Å². The van der Waals surface area contributed by atoms with E-state index in [1.165, 1.54) is 0 Å². The van der Waals surface area contributed by atoms with E-state index in [1.54, 1.807) is 6.07 Å². The van der Waals surface area contributed by atoms with Crippen LogP contribution < -0.4 is 0 Å². The first-order valence-corrected chi connectivity index (χ1v) is 4.60. The highest BCUT2D eigenvalue weighted by atomic mass is 16.3. The Balaban J connectivity index is 3.47. The van der Waals surface area contributed by atoms with Gasteiger partial charge < -0.3 is 5.11 Å². The maximum absolute atomic E-state index is 9.83. The average molecular weight is 189 g/mol. The fourth-order valence-corrected chi connectivity index (χ4v) is 1.44. The normalized spacial score (nSPS) is 11.1. The third kappa shape index (κ3) is 1.88. The fourth-order valence-electron chi connectivity index (χ4n) is 1.44. The van der Waals surface area contributed by atoms with Crippen LogP contribution in [0.25, 0.3) is 0 Å². The zero-order valence-corrected chi connectivity index (χ0v) is 9.05. The molecule has 0 unspecified atom stereocenters. The van der Waals surface area contributed by atoms with E-state index in [1.807, 2.05) is 39.8 Å². The van der Waals surface area contributed by atoms with Crippen molar-refractivity contribution in [3.63, 3.8) is 0 Å². The van der Waals surface area contributed by atoms with Gasteiger partial charge in [0.25, 0.3) is 0 Å². The van der Waals surface area contributed by atoms with Gasteiger partial charge in [-0.05, 0) is 24.0 Å². The number of aryl methyl sites for hydroxylation is 1. The molecule has 0 spiro atoms. The molecule has 0 fully saturated rings. The molecule has 0 bridgehead atoms. The fraction of sp³-hybridized carbons (Fsp3) is 0.417. The molecule has 0 aliphatic heterocycles. The number of nitrogens with zero attached hydrogens (tertiary/aromatic N) is 1. The molecule has 2 heteroatoms. The van der Waals surface area contributed by atoms with Gasteiger partial charge >= 0.3 is 0 Å². The molecular weight excluding hydrogens is 174 g/mol. The lowest BCUT2D eigenvalue weighted by atomic mass is 9.84. The van der Waals surface area contributed by atoms with Gasteiger partial charge in [0.05, 0.1) is 5.56 Å². The predicted molar refractivity (Wildman–Crippen MR) is 56.3 cm³/mol. The summed E-state index contributed by atoms with van der Waals surface area (Å²) >= 11 is 0. The van der Waals surface area contributed by atoms with E-state index < -0.39 is 0 Å². The topological polar surface area (TPSA) is 44.0 Å². The van der Waals surface area contributed by atoms with Gasteiger partial charge in [0, 0.05) is 5.56 Å². The Labute approximate surface area is 84.8 Å². The van der Waals surface area contributed by atoms with Crippen molar-refractivity contribution in [1.29, 1.82) is 5.26 Å². The Kier molecular flexibility index (Phi) is 2.53. The summed E-state index contributed by atoms with van der Waals surface area (Å²) in [6, 6.07) is 5.62. The van der Waals surface area contributed by atoms with E-state index in [-0.39, 0.29) is 11.2 Å². The molecule has 0 heterocycles. The highest BCUT2D eigenvalue weighted by molar-refractivity contribution is 5.52. The van der Waals surface area contributed by atoms with Gasteiger partial charge in [0.1, 0.15) is 11.8 Å². The summed E-state index contributed by atoms with van der Waals surface area (Å²) in [4.78, 5) is 0. The summed E-state index contributed by atoms with van der Waals surface area (Å²) < 4.78 is 0. The zero-order valence-electron chi connectivity index (χ0n) is 9.05. The van der Waals surface area contributed by atoms with E-state index in [0.29, 0.717) is 5.56 Å². The molecule has 2 nitrogen and oxygen atoms in total. The van der Waals surface area contributed by atoms with Crippen LogP contribution in [0.4, 0.5) is 0 Å². The summed E-state index contributed by atoms with van der Waals surface area (Å²) in [6.45, 7) is 7.98. The smallest absolute Gasteiger partial charge is 0.137 e. The second-order valence-electron chi connectivity index (χ2n) is 4.57. The number of phenolic OH excluding ortho intramolecular Hbond substituents is 1. The molecule has 0 aliphatic rings. The first kappa shape index (κ1) is 10.6. The van der Waals surface area contributed by atoms with Crippen LogP contribution in [0.5, 0.6) is 5.75 Å². The number of rotatable bonds is 0. The number of phenols is 1. The van der Waals surface area contributed by atoms with Crippen LogP contribution in [0.1, 0.15) is 37.5 Å². The minimum absolute atomic E-state index is 0.116. The third-order valence-corrected chi connectivity index (χ3v) is 2.18. The second-order valence-corrected chi connectivity index (χ2v) is 4.57. The summed E-state index contributed by atoms with van der Waals surface area (Å²) in [5, 5.41) is 18.6. The van der Waals surface area contributed by atoms with Crippen LogP contribution in [0, 0.1) is 18.3 Å². The molecule has 0 aromatic heterocycles. The first-order valence-electron chi connectivity index (χ1n) is 4.60. The molecule has 1 aromatic rings. The van der Waals surface area contributed by atoms with E-state index in [2.05, 4.69) is 0 Å². The summed E-state index contributed by atoms with van der Waals surface area (Å²) in [6.07, 6.45) is 0. The molecule has 0 amide bonds. The van der Waals surface area contributed by atoms with Gasteiger partial charge in [-0.1, -0.05) is 26.8 Å². The Morgan fingerprint density at radius 3 is 2.29 bits per heavy atom. The van der Waals surface area contributed by atoms with Crippen molar-refractivity contribution in [2.75, 3.05) is 0 Å². The molecule has 1 aromatic carbocycles. The molecule has 0 atom stereocenters. The maximum atomic E-state index is 9.83. The number of aromatic hydroxyl groups is 1. The molecule has 0 radical (unpaired) electrons. The van der Waals surface area contributed by atoms with E-state index >= 15 is 0 Å². The second kappa shape index (κ2) is 3.34. The van der Waals surface area contributed by atoms with Crippen molar-refractivity contribution < 1.29 is 5.11 Å². The van der Waals surface area contributed by atoms with Crippen LogP contribution in [0.3, 0.4) is 0 Å². The van der Waals surface area contributed by atoms with Gasteiger partial charge in [-0.2, -0.15) is 5.26 Å². The molecular formula is C12H15NO. The van der Waals surface area contributed by atoms with Gasteiger partial charge in [0.15, 0.2) is 0 Å². The molecule has 0 saturated heterocycles. The minimum Gasteiger partial charge on any atom is -0.506 e. The van der Waals surface area contributed by atoms with Gasteiger partial charge in [0.2, 0.25) is 0 Å². The summed E-state index contributed by atoms with van der Waals surface area (Å²) in [5.41, 5.74) is 2.05. The van der Waals surface area contributed by atoms with E-state index in [0.717, 1.165) is 11.1 Å². The van der Waals surface area contributed by atoms with Crippen LogP contribution in [-0.4, -0.2) is 5.11 Å². The molecule has 1 N–H and O–H groups in total. The van der Waals surface area contributed by atoms with E-state index in [9.17, 15) is 5.11 Å². The SMILES string of the molecule is Cc1cc(C#N)c(O)c(C(C)(C)C)c1. The molecule has 0 aliphatic carbocycles. The Morgan fingerprint density at radius 2 is 1.86 bits per heavy atom. The van der Waals surface area contributed by atoms with Crippen molar-refractivity contribution >= 4 is 0 Å². The number of hydrogen-bond donors (Lipinski definition) is 1. The Bertz CT molecular complexity index is 394. The van der Waals surface area contributed by atoms with Gasteiger partial charge in [-0.25, -0.2) is 0 Å². The van der Waals surface area contributed by atoms with Crippen molar-refractivity contribution in [3.05, 3.63) is 28.8 Å². The molecule has 74 valence electrons.